The van der Waals surface area contributed by atoms with E-state index in [0.29, 0.717) is 0 Å². The highest BCUT2D eigenvalue weighted by Gasteiger charge is 2.42. The minimum Gasteiger partial charge on any atom is -0.292 e. The van der Waals surface area contributed by atoms with Gasteiger partial charge in [0.1, 0.15) is 19.8 Å². The van der Waals surface area contributed by atoms with Gasteiger partial charge in [-0.15, -0.1) is 0 Å². The topological polar surface area (TPSA) is 243 Å². The summed E-state index contributed by atoms with van der Waals surface area (Å²) in [7, 11) is 0. The van der Waals surface area contributed by atoms with Crippen LogP contribution in [0.2, 0.25) is 0 Å². The van der Waals surface area contributed by atoms with Crippen LogP contribution >= 0.6 is 48.0 Å². The number of amides is 6. The van der Waals surface area contributed by atoms with Crippen molar-refractivity contribution in [1.82, 2.24) is 31.5 Å². The highest BCUT2D eigenvalue weighted by Crippen LogP contribution is 2.42. The van der Waals surface area contributed by atoms with Gasteiger partial charge < -0.3 is 0 Å². The van der Waals surface area contributed by atoms with Crippen molar-refractivity contribution in [3.8, 4) is 0 Å². The second kappa shape index (κ2) is 15.5. The molecule has 2 aromatic carbocycles. The number of carbonyl (C=O) groups excluding carboxylic acids is 6. The standard InChI is InChI=1S/C26H20N8O10S4/c35-17(27-29-21(37)13-5-1-3-7-15(13)33(41)42)9-11-31-23(39)19(47-25(31)45)20-24(40)32(26(46)48-20)12-10-18(36)28-30-22(38)14-6-2-4-8-16(14)34(43)44/h1-8H,9-12H2,(H,27,35)(H,28,36)(H,29,37)(H,30,38)/b20-19+. The number of nitrogens with zero attached hydrogens (tertiary/aromatic N) is 4. The number of thioether (sulfide) groups is 2. The maximum atomic E-state index is 13.1. The number of benzene rings is 2. The summed E-state index contributed by atoms with van der Waals surface area (Å²) in [5, 5.41) is 22.3. The molecule has 18 nitrogen and oxygen atoms in total. The summed E-state index contributed by atoms with van der Waals surface area (Å²) in [6.07, 6.45) is -0.664. The Bertz CT molecular complexity index is 1710. The van der Waals surface area contributed by atoms with E-state index in [1.807, 2.05) is 0 Å². The lowest BCUT2D eigenvalue weighted by molar-refractivity contribution is -0.385. The lowest BCUT2D eigenvalue weighted by Crippen LogP contribution is -2.43. The summed E-state index contributed by atoms with van der Waals surface area (Å²) in [4.78, 5) is 98.5. The highest BCUT2D eigenvalue weighted by atomic mass is 32.2. The molecule has 248 valence electrons. The third-order valence-electron chi connectivity index (χ3n) is 6.35. The largest absolute Gasteiger partial charge is 0.292 e. The molecule has 0 saturated carbocycles. The van der Waals surface area contributed by atoms with Crippen LogP contribution in [0.25, 0.3) is 0 Å². The third-order valence-corrected chi connectivity index (χ3v) is 9.38. The van der Waals surface area contributed by atoms with Crippen LogP contribution in [0.4, 0.5) is 11.4 Å². The maximum absolute atomic E-state index is 13.1. The zero-order valence-electron chi connectivity index (χ0n) is 24.0. The van der Waals surface area contributed by atoms with Crippen LogP contribution in [0.15, 0.2) is 58.3 Å². The molecule has 2 aromatic rings. The fraction of sp³-hybridized carbons (Fsp3) is 0.154. The smallest absolute Gasteiger partial charge is 0.282 e. The number of carbonyl (C=O) groups is 6. The molecule has 0 unspecified atom stereocenters. The van der Waals surface area contributed by atoms with Crippen LogP contribution in [0, 0.1) is 20.2 Å². The molecular weight excluding hydrogens is 713 g/mol. The molecule has 2 aliphatic rings. The van der Waals surface area contributed by atoms with E-state index in [1.165, 1.54) is 36.4 Å². The molecule has 0 radical (unpaired) electrons. The van der Waals surface area contributed by atoms with E-state index in [0.717, 1.165) is 45.5 Å². The summed E-state index contributed by atoms with van der Waals surface area (Å²) in [5.74, 6) is -4.67. The van der Waals surface area contributed by atoms with E-state index in [4.69, 9.17) is 24.4 Å². The molecular formula is C26H20N8O10S4. The molecule has 0 bridgehead atoms. The quantitative estimate of drug-likeness (QED) is 0.117. The van der Waals surface area contributed by atoms with Crippen LogP contribution in [0.3, 0.4) is 0 Å². The normalized spacial score (nSPS) is 15.8. The Morgan fingerprint density at radius 3 is 1.35 bits per heavy atom. The minimum absolute atomic E-state index is 0.0360. The summed E-state index contributed by atoms with van der Waals surface area (Å²) in [6.45, 7) is -0.445. The second-order valence-corrected chi connectivity index (χ2v) is 12.6. The zero-order chi connectivity index (χ0) is 35.1. The van der Waals surface area contributed by atoms with Gasteiger partial charge in [-0.1, -0.05) is 72.2 Å². The number of nitro groups is 2. The lowest BCUT2D eigenvalue weighted by atomic mass is 10.2. The second-order valence-electron chi connectivity index (χ2n) is 9.36. The molecule has 4 rings (SSSR count). The van der Waals surface area contributed by atoms with Crippen molar-refractivity contribution in [3.05, 3.63) is 89.7 Å². The van der Waals surface area contributed by atoms with Crippen LogP contribution in [0.1, 0.15) is 33.6 Å². The maximum Gasteiger partial charge on any atom is 0.282 e. The first-order valence-corrected chi connectivity index (χ1v) is 15.7. The summed E-state index contributed by atoms with van der Waals surface area (Å²) < 4.78 is 0.0940. The average Bonchev–Trinajstić information content (AvgIpc) is 3.51. The number of hydrazine groups is 2. The first kappa shape index (κ1) is 35.5. The molecule has 0 atom stereocenters. The van der Waals surface area contributed by atoms with Crippen molar-refractivity contribution in [1.29, 1.82) is 0 Å². The molecule has 48 heavy (non-hydrogen) atoms. The number of hydrogen-bond donors (Lipinski definition) is 4. The fourth-order valence-corrected chi connectivity index (χ4v) is 6.82. The Balaban J connectivity index is 1.28. The summed E-state index contributed by atoms with van der Waals surface area (Å²) in [5.41, 5.74) is 6.90. The molecule has 6 amide bonds. The molecule has 0 spiro atoms. The van der Waals surface area contributed by atoms with Crippen molar-refractivity contribution < 1.29 is 38.6 Å². The van der Waals surface area contributed by atoms with E-state index in [9.17, 15) is 49.0 Å². The Kier molecular flexibility index (Phi) is 11.5. The van der Waals surface area contributed by atoms with Crippen LogP contribution in [-0.2, 0) is 19.2 Å². The average molecular weight is 733 g/mol. The van der Waals surface area contributed by atoms with Gasteiger partial charge in [0, 0.05) is 38.1 Å². The fourth-order valence-electron chi connectivity index (χ4n) is 4.04. The molecule has 4 N–H and O–H groups in total. The van der Waals surface area contributed by atoms with Gasteiger partial charge >= 0.3 is 0 Å². The number of para-hydroxylation sites is 2. The van der Waals surface area contributed by atoms with E-state index in [-0.39, 0.29) is 55.5 Å². The first-order chi connectivity index (χ1) is 22.8. The molecule has 2 aliphatic heterocycles. The predicted octanol–water partition coefficient (Wildman–Crippen LogP) is 1.44. The molecule has 2 fully saturated rings. The first-order valence-electron chi connectivity index (χ1n) is 13.3. The lowest BCUT2D eigenvalue weighted by Gasteiger charge is -2.15. The number of hydrogen-bond acceptors (Lipinski definition) is 14. The third kappa shape index (κ3) is 8.14. The van der Waals surface area contributed by atoms with Crippen molar-refractivity contribution in [2.45, 2.75) is 12.8 Å². The summed E-state index contributed by atoms with van der Waals surface area (Å²) in [6, 6.07) is 10.3. The minimum atomic E-state index is -0.927. The Hall–Kier alpha value is -5.32. The van der Waals surface area contributed by atoms with Gasteiger partial charge in [-0.05, 0) is 12.1 Å². The van der Waals surface area contributed by atoms with Gasteiger partial charge in [-0.3, -0.25) is 80.5 Å². The molecule has 2 saturated heterocycles. The Morgan fingerprint density at radius 1 is 0.646 bits per heavy atom. The number of rotatable bonds is 10. The number of thiocarbonyl (C=S) groups is 2. The van der Waals surface area contributed by atoms with Gasteiger partial charge in [-0.2, -0.15) is 0 Å². The van der Waals surface area contributed by atoms with Gasteiger partial charge in [0.05, 0.1) is 19.7 Å². The highest BCUT2D eigenvalue weighted by molar-refractivity contribution is 8.29. The number of nitrogens with one attached hydrogen (secondary N) is 4. The molecule has 22 heteroatoms. The SMILES string of the molecule is O=C(CCN1C(=O)/C(=C2\SC(=S)N(CCC(=O)NNC(=O)c3ccccc3[N+](=O)[O-])C2=O)SC1=S)NNC(=O)c1ccccc1[N+](=O)[O-]. The Labute approximate surface area is 288 Å². The van der Waals surface area contributed by atoms with Crippen molar-refractivity contribution in [2.24, 2.45) is 0 Å². The van der Waals surface area contributed by atoms with Crippen molar-refractivity contribution >= 4 is 103 Å². The van der Waals surface area contributed by atoms with Crippen LogP contribution in [-0.4, -0.2) is 76.8 Å². The molecule has 2 heterocycles. The van der Waals surface area contributed by atoms with Gasteiger partial charge in [0.25, 0.3) is 35.0 Å². The van der Waals surface area contributed by atoms with Crippen molar-refractivity contribution in [2.75, 3.05) is 13.1 Å². The molecule has 0 aliphatic carbocycles. The predicted molar refractivity (Wildman–Crippen MR) is 177 cm³/mol. The number of nitro benzene ring substituents is 2. The van der Waals surface area contributed by atoms with Gasteiger partial charge in [-0.25, -0.2) is 0 Å². The van der Waals surface area contributed by atoms with Crippen molar-refractivity contribution in [3.63, 3.8) is 0 Å². The van der Waals surface area contributed by atoms with Crippen LogP contribution < -0.4 is 21.7 Å². The van der Waals surface area contributed by atoms with E-state index in [1.54, 1.807) is 0 Å². The van der Waals surface area contributed by atoms with E-state index >= 15 is 0 Å². The monoisotopic (exact) mass is 732 g/mol. The Morgan fingerprint density at radius 2 is 1.00 bits per heavy atom. The van der Waals surface area contributed by atoms with Crippen LogP contribution in [0.5, 0.6) is 0 Å². The van der Waals surface area contributed by atoms with Gasteiger partial charge in [0.2, 0.25) is 11.8 Å². The van der Waals surface area contributed by atoms with Gasteiger partial charge in [0.15, 0.2) is 0 Å². The van der Waals surface area contributed by atoms with E-state index in [2.05, 4.69) is 21.7 Å². The zero-order valence-corrected chi connectivity index (χ0v) is 27.2. The summed E-state index contributed by atoms with van der Waals surface area (Å²) >= 11 is 12.1. The molecule has 0 aromatic heterocycles. The van der Waals surface area contributed by atoms with E-state index < -0.39 is 56.7 Å².